The molecule has 2 bridgehead atoms. The van der Waals surface area contributed by atoms with Gasteiger partial charge in [-0.15, -0.1) is 0 Å². The molecule has 0 saturated carbocycles. The van der Waals surface area contributed by atoms with E-state index in [0.29, 0.717) is 52.4 Å². The molecule has 5 aromatic rings. The molecule has 1 aromatic heterocycles. The van der Waals surface area contributed by atoms with Crippen molar-refractivity contribution in [1.29, 1.82) is 0 Å². The summed E-state index contributed by atoms with van der Waals surface area (Å²) in [6.45, 7) is 0.559. The van der Waals surface area contributed by atoms with E-state index >= 15 is 0 Å². The lowest BCUT2D eigenvalue weighted by molar-refractivity contribution is -0.938. The maximum absolute atomic E-state index is 13.1. The normalized spacial score (nSPS) is 22.2. The number of epoxide rings is 1. The lowest BCUT2D eigenvalue weighted by Gasteiger charge is -2.45. The highest BCUT2D eigenvalue weighted by atomic mass is 35.5. The average molecular weight is 779 g/mol. The predicted molar refractivity (Wildman–Crippen MR) is 215 cm³/mol. The lowest BCUT2D eigenvalue weighted by Crippen LogP contribution is -2.60. The van der Waals surface area contributed by atoms with Crippen LogP contribution in [-0.4, -0.2) is 82.7 Å². The fraction of sp³-hybridized carbons (Fsp3) is 0.326. The Labute approximate surface area is 329 Å². The number of amides is 2. The van der Waals surface area contributed by atoms with Crippen LogP contribution in [0.15, 0.2) is 95.8 Å². The molecule has 13 heteroatoms. The Kier molecular flexibility index (Phi) is 10.3. The molecule has 3 saturated heterocycles. The molecule has 8 rings (SSSR count). The number of benzene rings is 4. The number of anilines is 2. The van der Waals surface area contributed by atoms with Gasteiger partial charge in [-0.3, -0.25) is 14.9 Å². The number of aryl methyl sites for hydroxylation is 1. The first-order valence-electron chi connectivity index (χ1n) is 18.9. The van der Waals surface area contributed by atoms with Crippen molar-refractivity contribution in [2.75, 3.05) is 31.3 Å². The summed E-state index contributed by atoms with van der Waals surface area (Å²) < 4.78 is 12.7. The topological polar surface area (TPSA) is 165 Å². The number of aromatic nitrogens is 1. The smallest absolute Gasteiger partial charge is 0.411 e. The quantitative estimate of drug-likeness (QED) is 0.0639. The number of H-pyrrole nitrogens is 1. The number of fused-ring (bicyclic) bond motifs is 6. The number of pyridine rings is 1. The molecule has 56 heavy (non-hydrogen) atoms. The third-order valence-corrected chi connectivity index (χ3v) is 12.0. The molecule has 4 aromatic carbocycles. The van der Waals surface area contributed by atoms with Gasteiger partial charge < -0.3 is 39.8 Å². The number of phenols is 1. The minimum Gasteiger partial charge on any atom is -0.506 e. The molecule has 3 aliphatic rings. The molecular formula is C43H45ClN5O7+. The highest BCUT2D eigenvalue weighted by Gasteiger charge is 2.70. The van der Waals surface area contributed by atoms with E-state index in [2.05, 4.69) is 35.0 Å². The van der Waals surface area contributed by atoms with Crippen molar-refractivity contribution >= 4 is 45.9 Å². The van der Waals surface area contributed by atoms with Gasteiger partial charge in [0.15, 0.2) is 0 Å². The van der Waals surface area contributed by atoms with Gasteiger partial charge in [-0.1, -0.05) is 66.2 Å². The molecule has 4 heterocycles. The van der Waals surface area contributed by atoms with Crippen LogP contribution in [0.1, 0.15) is 42.1 Å². The number of phenolic OH excluding ortho intramolecular Hbond substituents is 1. The molecule has 2 amide bonds. The second-order valence-electron chi connectivity index (χ2n) is 15.5. The zero-order valence-electron chi connectivity index (χ0n) is 31.1. The van der Waals surface area contributed by atoms with Gasteiger partial charge in [0.05, 0.1) is 31.4 Å². The van der Waals surface area contributed by atoms with E-state index in [1.165, 1.54) is 12.1 Å². The van der Waals surface area contributed by atoms with Gasteiger partial charge in [-0.2, -0.15) is 0 Å². The largest absolute Gasteiger partial charge is 0.506 e. The number of aliphatic hydroxyl groups excluding tert-OH is 1. The molecule has 1 unspecified atom stereocenters. The number of carbonyl (C=O) groups is 2. The Morgan fingerprint density at radius 1 is 0.964 bits per heavy atom. The molecule has 0 radical (unpaired) electrons. The first-order valence-corrected chi connectivity index (χ1v) is 19.3. The van der Waals surface area contributed by atoms with E-state index in [-0.39, 0.29) is 54.0 Å². The number of piperidine rings is 1. The van der Waals surface area contributed by atoms with Crippen molar-refractivity contribution < 1.29 is 33.8 Å². The number of halogens is 1. The van der Waals surface area contributed by atoms with E-state index in [4.69, 9.17) is 21.1 Å². The molecule has 0 spiro atoms. The van der Waals surface area contributed by atoms with Gasteiger partial charge >= 0.3 is 6.09 Å². The third kappa shape index (κ3) is 7.75. The monoisotopic (exact) mass is 778 g/mol. The van der Waals surface area contributed by atoms with Gasteiger partial charge in [0.2, 0.25) is 11.5 Å². The molecule has 290 valence electrons. The first-order chi connectivity index (χ1) is 26.9. The standard InChI is InChI=1S/C43H44ClN5O7/c1-49(2)34-20-28(21-35(49)42-41(34)56-42)55-43(54)47-33-9-4-3-8-29(33)25-7-5-6-24(18-25)10-16-38(52)46-27-12-11-26(32(44)19-27)22-45-23-37(51)30-13-15-36(50)40-31(30)14-17-39(53)48-40/h3-9,11-15,17-19,28,34-35,37,41-42,45,51H,10,16,20-23H2,1-2H3,(H3-,46,47,48,50,52,53,54)/p+1/t28?,34-,35+,37-,41-,42+/m0/s1. The second-order valence-corrected chi connectivity index (χ2v) is 15.9. The lowest BCUT2D eigenvalue weighted by atomic mass is 9.96. The number of nitrogens with one attached hydrogen (secondary N) is 4. The Hall–Kier alpha value is -5.24. The molecule has 0 aliphatic carbocycles. The fourth-order valence-corrected chi connectivity index (χ4v) is 8.83. The van der Waals surface area contributed by atoms with E-state index < -0.39 is 12.2 Å². The van der Waals surface area contributed by atoms with Gasteiger partial charge in [-0.05, 0) is 59.0 Å². The van der Waals surface area contributed by atoms with Crippen LogP contribution in [0.25, 0.3) is 22.0 Å². The van der Waals surface area contributed by atoms with Crippen molar-refractivity contribution in [3.8, 4) is 16.9 Å². The Morgan fingerprint density at radius 2 is 1.75 bits per heavy atom. The molecule has 3 aliphatic heterocycles. The van der Waals surface area contributed by atoms with Gasteiger partial charge in [-0.25, -0.2) is 4.79 Å². The summed E-state index contributed by atoms with van der Waals surface area (Å²) in [6.07, 6.45) is 1.42. The average Bonchev–Trinajstić information content (AvgIpc) is 3.94. The fourth-order valence-electron chi connectivity index (χ4n) is 8.58. The number of likely N-dealkylation sites (N-methyl/N-ethyl adjacent to an activating group) is 1. The van der Waals surface area contributed by atoms with Gasteiger partial charge in [0.25, 0.3) is 0 Å². The SMILES string of the molecule is C[N+]1(C)[C@@H]2CC(OC(=O)Nc3ccccc3-c3cccc(CCC(=O)Nc4ccc(CNC[C@H](O)c5ccc(O)c6[nH]c(=O)ccc56)c(Cl)c4)c3)C[C@H]1[C@@H]1O[C@@H]12. The first kappa shape index (κ1) is 37.7. The zero-order valence-corrected chi connectivity index (χ0v) is 31.9. The number of morpholine rings is 1. The third-order valence-electron chi connectivity index (χ3n) is 11.6. The molecule has 12 nitrogen and oxygen atoms in total. The Balaban J connectivity index is 0.822. The Bertz CT molecular complexity index is 2350. The number of aromatic hydroxyl groups is 1. The van der Waals surface area contributed by atoms with Crippen LogP contribution in [0.4, 0.5) is 16.2 Å². The van der Waals surface area contributed by atoms with Crippen LogP contribution >= 0.6 is 11.6 Å². The predicted octanol–water partition coefficient (Wildman–Crippen LogP) is 6.25. The number of carbonyl (C=O) groups excluding carboxylic acids is 2. The number of rotatable bonds is 12. The van der Waals surface area contributed by atoms with Gasteiger partial charge in [0, 0.05) is 60.1 Å². The number of nitrogens with zero attached hydrogens (tertiary/aromatic N) is 1. The molecular weight excluding hydrogens is 734 g/mol. The second kappa shape index (κ2) is 15.4. The highest BCUT2D eigenvalue weighted by Crippen LogP contribution is 2.51. The van der Waals surface area contributed by atoms with E-state index in [9.17, 15) is 24.6 Å². The van der Waals surface area contributed by atoms with Crippen LogP contribution in [0, 0.1) is 0 Å². The van der Waals surface area contributed by atoms with Crippen LogP contribution in [-0.2, 0) is 27.2 Å². The van der Waals surface area contributed by atoms with Crippen LogP contribution < -0.4 is 21.5 Å². The maximum atomic E-state index is 13.1. The molecule has 3 fully saturated rings. The highest BCUT2D eigenvalue weighted by molar-refractivity contribution is 6.31. The van der Waals surface area contributed by atoms with Crippen molar-refractivity contribution in [1.82, 2.24) is 10.3 Å². The number of hydrogen-bond acceptors (Lipinski definition) is 8. The summed E-state index contributed by atoms with van der Waals surface area (Å²) in [6, 6.07) is 27.6. The summed E-state index contributed by atoms with van der Waals surface area (Å²) in [7, 11) is 4.50. The van der Waals surface area contributed by atoms with E-state index in [0.717, 1.165) is 39.6 Å². The number of quaternary nitrogens is 1. The van der Waals surface area contributed by atoms with E-state index in [1.54, 1.807) is 24.3 Å². The number of aliphatic hydroxyl groups is 1. The maximum Gasteiger partial charge on any atom is 0.411 e. The van der Waals surface area contributed by atoms with E-state index in [1.807, 2.05) is 54.6 Å². The van der Waals surface area contributed by atoms with Crippen molar-refractivity contribution in [3.05, 3.63) is 123 Å². The Morgan fingerprint density at radius 3 is 2.54 bits per heavy atom. The summed E-state index contributed by atoms with van der Waals surface area (Å²) in [5.41, 5.74) is 5.26. The summed E-state index contributed by atoms with van der Waals surface area (Å²) in [4.78, 5) is 40.4. The number of aromatic amines is 1. The minimum atomic E-state index is -0.909. The number of hydrogen-bond donors (Lipinski definition) is 6. The minimum absolute atomic E-state index is 0.0709. The zero-order chi connectivity index (χ0) is 39.1. The number of para-hydroxylation sites is 1. The van der Waals surface area contributed by atoms with Crippen LogP contribution in [0.5, 0.6) is 5.75 Å². The molecule has 6 atom stereocenters. The van der Waals surface area contributed by atoms with Crippen LogP contribution in [0.2, 0.25) is 5.02 Å². The van der Waals surface area contributed by atoms with Crippen molar-refractivity contribution in [2.45, 2.75) is 68.7 Å². The summed E-state index contributed by atoms with van der Waals surface area (Å²) >= 11 is 6.57. The van der Waals surface area contributed by atoms with Crippen molar-refractivity contribution in [2.24, 2.45) is 0 Å². The van der Waals surface area contributed by atoms with Gasteiger partial charge in [0.1, 0.15) is 36.1 Å². The number of ether oxygens (including phenoxy) is 2. The molecule has 6 N–H and O–H groups in total. The summed E-state index contributed by atoms with van der Waals surface area (Å²) in [5.74, 6) is -0.228. The van der Waals surface area contributed by atoms with Crippen molar-refractivity contribution in [3.63, 3.8) is 0 Å². The van der Waals surface area contributed by atoms with Crippen LogP contribution in [0.3, 0.4) is 0 Å². The summed E-state index contributed by atoms with van der Waals surface area (Å²) in [5, 5.41) is 31.1.